The van der Waals surface area contributed by atoms with Gasteiger partial charge in [0, 0.05) is 23.6 Å². The number of fused-ring (bicyclic) bond motifs is 1. The molecule has 0 unspecified atom stereocenters. The Balaban J connectivity index is 2.05. The molecule has 3 rings (SSSR count). The van der Waals surface area contributed by atoms with Crippen molar-refractivity contribution in [1.29, 1.82) is 0 Å². The van der Waals surface area contributed by atoms with Crippen molar-refractivity contribution < 1.29 is 0 Å². The maximum absolute atomic E-state index is 6.14. The molecule has 0 bridgehead atoms. The van der Waals surface area contributed by atoms with E-state index < -0.39 is 0 Å². The number of pyridine rings is 1. The molecule has 0 fully saturated rings. The van der Waals surface area contributed by atoms with Crippen molar-refractivity contribution in [2.24, 2.45) is 0 Å². The molecule has 2 nitrogen and oxygen atoms in total. The first-order valence-electron chi connectivity index (χ1n) is 6.59. The minimum absolute atomic E-state index is 0.104. The van der Waals surface area contributed by atoms with Crippen LogP contribution in [0.5, 0.6) is 0 Å². The highest BCUT2D eigenvalue weighted by Crippen LogP contribution is 2.42. The van der Waals surface area contributed by atoms with Gasteiger partial charge in [-0.3, -0.25) is 4.98 Å². The SMILES string of the molecule is CC1(C)c2cc(Cl)ccc2CN1c1cncc(CCl)c1. The fraction of sp³-hybridized carbons (Fsp3) is 0.312. The number of halogens is 2. The summed E-state index contributed by atoms with van der Waals surface area (Å²) in [5, 5.41) is 0.784. The number of alkyl halides is 1. The molecule has 0 atom stereocenters. The topological polar surface area (TPSA) is 16.1 Å². The molecule has 0 radical (unpaired) electrons. The van der Waals surface area contributed by atoms with Crippen LogP contribution in [0.15, 0.2) is 36.7 Å². The van der Waals surface area contributed by atoms with Crippen molar-refractivity contribution >= 4 is 28.9 Å². The zero-order valence-corrected chi connectivity index (χ0v) is 13.0. The Morgan fingerprint density at radius 2 is 2.05 bits per heavy atom. The molecule has 1 aliphatic rings. The molecular weight excluding hydrogens is 291 g/mol. The molecule has 0 saturated heterocycles. The summed E-state index contributed by atoms with van der Waals surface area (Å²) in [6.07, 6.45) is 3.70. The predicted octanol–water partition coefficient (Wildman–Crippen LogP) is 4.73. The van der Waals surface area contributed by atoms with Gasteiger partial charge in [0.15, 0.2) is 0 Å². The Labute approximate surface area is 129 Å². The van der Waals surface area contributed by atoms with Gasteiger partial charge < -0.3 is 4.90 Å². The molecule has 2 aromatic rings. The van der Waals surface area contributed by atoms with E-state index in [2.05, 4.69) is 41.9 Å². The Morgan fingerprint density at radius 1 is 1.25 bits per heavy atom. The zero-order chi connectivity index (χ0) is 14.3. The second kappa shape index (κ2) is 4.94. The van der Waals surface area contributed by atoms with Gasteiger partial charge in [-0.1, -0.05) is 17.7 Å². The fourth-order valence-corrected chi connectivity index (χ4v) is 3.20. The van der Waals surface area contributed by atoms with Crippen LogP contribution < -0.4 is 4.90 Å². The van der Waals surface area contributed by atoms with Crippen LogP contribution in [0.25, 0.3) is 0 Å². The van der Waals surface area contributed by atoms with Gasteiger partial charge in [-0.25, -0.2) is 0 Å². The highest BCUT2D eigenvalue weighted by molar-refractivity contribution is 6.30. The summed E-state index contributed by atoms with van der Waals surface area (Å²) in [4.78, 5) is 6.64. The number of anilines is 1. The zero-order valence-electron chi connectivity index (χ0n) is 11.5. The lowest BCUT2D eigenvalue weighted by Crippen LogP contribution is -2.35. The number of rotatable bonds is 2. The Morgan fingerprint density at radius 3 is 2.80 bits per heavy atom. The monoisotopic (exact) mass is 306 g/mol. The van der Waals surface area contributed by atoms with Crippen molar-refractivity contribution in [2.75, 3.05) is 4.90 Å². The van der Waals surface area contributed by atoms with E-state index in [0.29, 0.717) is 5.88 Å². The Kier molecular flexibility index (Phi) is 3.39. The summed E-state index contributed by atoms with van der Waals surface area (Å²) in [7, 11) is 0. The minimum atomic E-state index is -0.104. The van der Waals surface area contributed by atoms with Gasteiger partial charge in [-0.2, -0.15) is 0 Å². The van der Waals surface area contributed by atoms with Gasteiger partial charge in [0.25, 0.3) is 0 Å². The summed E-state index contributed by atoms with van der Waals surface area (Å²) in [5.41, 5.74) is 4.62. The van der Waals surface area contributed by atoms with E-state index in [9.17, 15) is 0 Å². The van der Waals surface area contributed by atoms with Gasteiger partial charge >= 0.3 is 0 Å². The maximum atomic E-state index is 6.14. The fourth-order valence-electron chi connectivity index (χ4n) is 2.88. The van der Waals surface area contributed by atoms with Gasteiger partial charge in [0.05, 0.1) is 17.4 Å². The molecule has 2 heterocycles. The van der Waals surface area contributed by atoms with Crippen molar-refractivity contribution in [3.8, 4) is 0 Å². The van der Waals surface area contributed by atoms with E-state index >= 15 is 0 Å². The lowest BCUT2D eigenvalue weighted by molar-refractivity contribution is 0.518. The summed E-state index contributed by atoms with van der Waals surface area (Å²) in [6, 6.07) is 8.23. The maximum Gasteiger partial charge on any atom is 0.0605 e. The van der Waals surface area contributed by atoms with E-state index in [4.69, 9.17) is 23.2 Å². The molecule has 1 aliphatic heterocycles. The molecule has 1 aromatic heterocycles. The highest BCUT2D eigenvalue weighted by Gasteiger charge is 2.37. The molecule has 0 spiro atoms. The molecule has 20 heavy (non-hydrogen) atoms. The van der Waals surface area contributed by atoms with Crippen molar-refractivity contribution in [2.45, 2.75) is 31.8 Å². The van der Waals surface area contributed by atoms with Crippen LogP contribution >= 0.6 is 23.2 Å². The first-order valence-corrected chi connectivity index (χ1v) is 7.50. The second-order valence-corrected chi connectivity index (χ2v) is 6.34. The van der Waals surface area contributed by atoms with E-state index in [1.807, 2.05) is 18.5 Å². The average molecular weight is 307 g/mol. The third kappa shape index (κ3) is 2.17. The molecule has 0 aliphatic carbocycles. The largest absolute Gasteiger partial charge is 0.357 e. The van der Waals surface area contributed by atoms with Crippen LogP contribution in [-0.2, 0) is 18.0 Å². The quantitative estimate of drug-likeness (QED) is 0.746. The van der Waals surface area contributed by atoms with E-state index in [1.165, 1.54) is 11.1 Å². The van der Waals surface area contributed by atoms with Crippen molar-refractivity contribution in [3.63, 3.8) is 0 Å². The lowest BCUT2D eigenvalue weighted by atomic mass is 9.93. The predicted molar refractivity (Wildman–Crippen MR) is 84.5 cm³/mol. The first-order chi connectivity index (χ1) is 9.52. The van der Waals surface area contributed by atoms with Gasteiger partial charge in [0.1, 0.15) is 0 Å². The number of hydrogen-bond donors (Lipinski definition) is 0. The summed E-state index contributed by atoms with van der Waals surface area (Å²) in [6.45, 7) is 5.29. The summed E-state index contributed by atoms with van der Waals surface area (Å²) in [5.74, 6) is 0.480. The molecule has 0 amide bonds. The molecule has 104 valence electrons. The van der Waals surface area contributed by atoms with Gasteiger partial charge in [-0.15, -0.1) is 11.6 Å². The third-order valence-corrected chi connectivity index (χ3v) is 4.52. The Bertz CT molecular complexity index is 653. The van der Waals surface area contributed by atoms with Crippen molar-refractivity contribution in [3.05, 3.63) is 58.4 Å². The summed E-state index contributed by atoms with van der Waals surface area (Å²) < 4.78 is 0. The van der Waals surface area contributed by atoms with Crippen LogP contribution in [0.3, 0.4) is 0 Å². The van der Waals surface area contributed by atoms with E-state index in [0.717, 1.165) is 22.8 Å². The minimum Gasteiger partial charge on any atom is -0.357 e. The summed E-state index contributed by atoms with van der Waals surface area (Å²) >= 11 is 12.1. The number of aromatic nitrogens is 1. The van der Waals surface area contributed by atoms with Gasteiger partial charge in [-0.05, 0) is 48.7 Å². The van der Waals surface area contributed by atoms with Crippen LogP contribution in [0.2, 0.25) is 5.02 Å². The molecule has 4 heteroatoms. The first kappa shape index (κ1) is 13.7. The molecular formula is C16H16Cl2N2. The highest BCUT2D eigenvalue weighted by atomic mass is 35.5. The average Bonchev–Trinajstić information content (AvgIpc) is 2.71. The van der Waals surface area contributed by atoms with Gasteiger partial charge in [0.2, 0.25) is 0 Å². The smallest absolute Gasteiger partial charge is 0.0605 e. The van der Waals surface area contributed by atoms with Crippen molar-refractivity contribution in [1.82, 2.24) is 4.98 Å². The second-order valence-electron chi connectivity index (χ2n) is 5.63. The molecule has 1 aromatic carbocycles. The Hall–Kier alpha value is -1.25. The number of hydrogen-bond acceptors (Lipinski definition) is 2. The number of nitrogens with zero attached hydrogens (tertiary/aromatic N) is 2. The third-order valence-electron chi connectivity index (χ3n) is 3.98. The van der Waals surface area contributed by atoms with Crippen LogP contribution in [-0.4, -0.2) is 4.98 Å². The van der Waals surface area contributed by atoms with E-state index in [-0.39, 0.29) is 5.54 Å². The number of benzene rings is 1. The normalized spacial score (nSPS) is 16.3. The van der Waals surface area contributed by atoms with Crippen LogP contribution in [0.4, 0.5) is 5.69 Å². The van der Waals surface area contributed by atoms with Crippen LogP contribution in [0, 0.1) is 0 Å². The lowest BCUT2D eigenvalue weighted by Gasteiger charge is -2.34. The van der Waals surface area contributed by atoms with E-state index in [1.54, 1.807) is 0 Å². The standard InChI is InChI=1S/C16H16Cl2N2/c1-16(2)15-6-13(18)4-3-12(15)10-20(16)14-5-11(7-17)8-19-9-14/h3-6,8-9H,7,10H2,1-2H3. The molecule has 0 saturated carbocycles. The van der Waals surface area contributed by atoms with Crippen LogP contribution in [0.1, 0.15) is 30.5 Å². The molecule has 0 N–H and O–H groups in total.